The second-order valence-electron chi connectivity index (χ2n) is 4.55. The zero-order valence-electron chi connectivity index (χ0n) is 8.20. The molecule has 1 aliphatic heterocycles. The number of hydrogen-bond donors (Lipinski definition) is 1. The van der Waals surface area contributed by atoms with Crippen LogP contribution in [0.2, 0.25) is 0 Å². The summed E-state index contributed by atoms with van der Waals surface area (Å²) >= 11 is 0. The standard InChI is InChI=1S/C10H18N2O/c1-7(4-10(11)13)12-6-8-2-3-9(12)5-8/h7-9H,2-6H2,1H3,(H2,11,13). The molecular formula is C10H18N2O. The van der Waals surface area contributed by atoms with Crippen molar-refractivity contribution < 1.29 is 4.79 Å². The molecule has 0 aromatic heterocycles. The number of fused-ring (bicyclic) bond motifs is 2. The zero-order chi connectivity index (χ0) is 9.42. The first-order valence-corrected chi connectivity index (χ1v) is 5.21. The molecule has 2 N–H and O–H groups in total. The summed E-state index contributed by atoms with van der Waals surface area (Å²) in [5.74, 6) is 0.732. The van der Waals surface area contributed by atoms with Crippen LogP contribution in [0.4, 0.5) is 0 Å². The van der Waals surface area contributed by atoms with Gasteiger partial charge >= 0.3 is 0 Å². The number of amides is 1. The number of rotatable bonds is 3. The number of piperidine rings is 1. The third-order valence-corrected chi connectivity index (χ3v) is 3.51. The van der Waals surface area contributed by atoms with E-state index in [0.29, 0.717) is 12.5 Å². The lowest BCUT2D eigenvalue weighted by Crippen LogP contribution is -2.41. The van der Waals surface area contributed by atoms with Crippen molar-refractivity contribution in [2.45, 2.75) is 44.7 Å². The molecule has 3 unspecified atom stereocenters. The van der Waals surface area contributed by atoms with E-state index in [1.807, 2.05) is 0 Å². The Hall–Kier alpha value is -0.570. The van der Waals surface area contributed by atoms with Gasteiger partial charge < -0.3 is 5.73 Å². The van der Waals surface area contributed by atoms with Gasteiger partial charge in [0.15, 0.2) is 0 Å². The Kier molecular flexibility index (Phi) is 2.28. The van der Waals surface area contributed by atoms with Gasteiger partial charge in [-0.3, -0.25) is 9.69 Å². The molecule has 2 bridgehead atoms. The first-order valence-electron chi connectivity index (χ1n) is 5.21. The van der Waals surface area contributed by atoms with Crippen LogP contribution < -0.4 is 5.73 Å². The molecule has 0 aromatic rings. The highest BCUT2D eigenvalue weighted by molar-refractivity contribution is 5.74. The van der Waals surface area contributed by atoms with E-state index >= 15 is 0 Å². The minimum absolute atomic E-state index is 0.171. The number of likely N-dealkylation sites (tertiary alicyclic amines) is 1. The van der Waals surface area contributed by atoms with Crippen molar-refractivity contribution in [1.82, 2.24) is 4.90 Å². The number of hydrogen-bond acceptors (Lipinski definition) is 2. The van der Waals surface area contributed by atoms with Crippen LogP contribution in [0.25, 0.3) is 0 Å². The summed E-state index contributed by atoms with van der Waals surface area (Å²) in [5, 5.41) is 0. The van der Waals surface area contributed by atoms with Crippen LogP contribution in [0.1, 0.15) is 32.6 Å². The van der Waals surface area contributed by atoms with E-state index in [4.69, 9.17) is 5.73 Å². The molecule has 2 rings (SSSR count). The van der Waals surface area contributed by atoms with Gasteiger partial charge in [-0.2, -0.15) is 0 Å². The van der Waals surface area contributed by atoms with E-state index in [1.165, 1.54) is 25.8 Å². The van der Waals surface area contributed by atoms with E-state index in [9.17, 15) is 4.79 Å². The van der Waals surface area contributed by atoms with Crippen LogP contribution in [0.3, 0.4) is 0 Å². The van der Waals surface area contributed by atoms with Gasteiger partial charge in [0.2, 0.25) is 5.91 Å². The molecule has 3 heteroatoms. The van der Waals surface area contributed by atoms with Gasteiger partial charge in [-0.1, -0.05) is 0 Å². The Balaban J connectivity index is 1.91. The first-order chi connectivity index (χ1) is 6.16. The van der Waals surface area contributed by atoms with Crippen molar-refractivity contribution in [2.75, 3.05) is 6.54 Å². The van der Waals surface area contributed by atoms with Crippen LogP contribution in [-0.2, 0) is 4.79 Å². The Morgan fingerprint density at radius 2 is 2.38 bits per heavy atom. The Bertz CT molecular complexity index is 217. The maximum atomic E-state index is 10.8. The minimum Gasteiger partial charge on any atom is -0.370 e. The molecule has 3 nitrogen and oxygen atoms in total. The molecule has 0 radical (unpaired) electrons. The van der Waals surface area contributed by atoms with Gasteiger partial charge in [-0.05, 0) is 32.1 Å². The summed E-state index contributed by atoms with van der Waals surface area (Å²) < 4.78 is 0. The van der Waals surface area contributed by atoms with E-state index in [1.54, 1.807) is 0 Å². The van der Waals surface area contributed by atoms with Crippen LogP contribution >= 0.6 is 0 Å². The van der Waals surface area contributed by atoms with Crippen LogP contribution in [0, 0.1) is 5.92 Å². The van der Waals surface area contributed by atoms with E-state index in [2.05, 4.69) is 11.8 Å². The first kappa shape index (κ1) is 9.00. The summed E-state index contributed by atoms with van der Waals surface area (Å²) in [7, 11) is 0. The van der Waals surface area contributed by atoms with E-state index in [-0.39, 0.29) is 5.91 Å². The molecule has 2 aliphatic rings. The Labute approximate surface area is 79.3 Å². The lowest BCUT2D eigenvalue weighted by molar-refractivity contribution is -0.119. The largest absolute Gasteiger partial charge is 0.370 e. The SMILES string of the molecule is CC(CC(N)=O)N1CC2CCC1C2. The van der Waals surface area contributed by atoms with Gasteiger partial charge in [-0.15, -0.1) is 0 Å². The van der Waals surface area contributed by atoms with Crippen molar-refractivity contribution >= 4 is 5.91 Å². The van der Waals surface area contributed by atoms with Crippen molar-refractivity contribution in [3.8, 4) is 0 Å². The second-order valence-corrected chi connectivity index (χ2v) is 4.55. The van der Waals surface area contributed by atoms with Crippen LogP contribution in [0.15, 0.2) is 0 Å². The molecule has 0 spiro atoms. The lowest BCUT2D eigenvalue weighted by Gasteiger charge is -2.32. The van der Waals surface area contributed by atoms with Crippen molar-refractivity contribution in [3.05, 3.63) is 0 Å². The highest BCUT2D eigenvalue weighted by atomic mass is 16.1. The molecule has 3 atom stereocenters. The predicted octanol–water partition coefficient (Wildman–Crippen LogP) is 0.735. The summed E-state index contributed by atoms with van der Waals surface area (Å²) in [6.45, 7) is 3.31. The molecule has 74 valence electrons. The summed E-state index contributed by atoms with van der Waals surface area (Å²) in [6.07, 6.45) is 4.59. The third kappa shape index (κ3) is 1.70. The third-order valence-electron chi connectivity index (χ3n) is 3.51. The van der Waals surface area contributed by atoms with E-state index < -0.39 is 0 Å². The molecule has 2 fully saturated rings. The molecular weight excluding hydrogens is 164 g/mol. The fourth-order valence-corrected chi connectivity index (χ4v) is 2.91. The Morgan fingerprint density at radius 3 is 2.85 bits per heavy atom. The van der Waals surface area contributed by atoms with Gasteiger partial charge in [0, 0.05) is 25.0 Å². The summed E-state index contributed by atoms with van der Waals surface area (Å²) in [6, 6.07) is 1.10. The zero-order valence-corrected chi connectivity index (χ0v) is 8.20. The number of carbonyl (C=O) groups is 1. The monoisotopic (exact) mass is 182 g/mol. The van der Waals surface area contributed by atoms with Crippen LogP contribution in [0.5, 0.6) is 0 Å². The van der Waals surface area contributed by atoms with Gasteiger partial charge in [-0.25, -0.2) is 0 Å². The molecule has 1 heterocycles. The predicted molar refractivity (Wildman–Crippen MR) is 51.1 cm³/mol. The average Bonchev–Trinajstić information content (AvgIpc) is 2.62. The normalized spacial score (nSPS) is 35.2. The fourth-order valence-electron chi connectivity index (χ4n) is 2.91. The van der Waals surface area contributed by atoms with Crippen molar-refractivity contribution in [2.24, 2.45) is 11.7 Å². The number of carbonyl (C=O) groups excluding carboxylic acids is 1. The van der Waals surface area contributed by atoms with Crippen LogP contribution in [-0.4, -0.2) is 29.4 Å². The maximum Gasteiger partial charge on any atom is 0.218 e. The molecule has 0 aromatic carbocycles. The number of primary amides is 1. The topological polar surface area (TPSA) is 46.3 Å². The quantitative estimate of drug-likeness (QED) is 0.699. The molecule has 1 saturated carbocycles. The second kappa shape index (κ2) is 3.29. The molecule has 1 saturated heterocycles. The highest BCUT2D eigenvalue weighted by Gasteiger charge is 2.39. The highest BCUT2D eigenvalue weighted by Crippen LogP contribution is 2.38. The lowest BCUT2D eigenvalue weighted by atomic mass is 10.1. The average molecular weight is 182 g/mol. The maximum absolute atomic E-state index is 10.8. The van der Waals surface area contributed by atoms with Crippen molar-refractivity contribution in [3.63, 3.8) is 0 Å². The molecule has 1 amide bonds. The summed E-state index contributed by atoms with van der Waals surface area (Å²) in [5.41, 5.74) is 5.19. The fraction of sp³-hybridized carbons (Fsp3) is 0.900. The van der Waals surface area contributed by atoms with E-state index in [0.717, 1.165) is 12.0 Å². The molecule has 13 heavy (non-hydrogen) atoms. The Morgan fingerprint density at radius 1 is 1.62 bits per heavy atom. The van der Waals surface area contributed by atoms with Gasteiger partial charge in [0.25, 0.3) is 0 Å². The number of nitrogens with two attached hydrogens (primary N) is 1. The van der Waals surface area contributed by atoms with Crippen molar-refractivity contribution in [1.29, 1.82) is 0 Å². The summed E-state index contributed by atoms with van der Waals surface area (Å²) in [4.78, 5) is 13.2. The number of nitrogens with zero attached hydrogens (tertiary/aromatic N) is 1. The minimum atomic E-state index is -0.171. The molecule has 1 aliphatic carbocycles. The van der Waals surface area contributed by atoms with Gasteiger partial charge in [0.1, 0.15) is 0 Å². The smallest absolute Gasteiger partial charge is 0.218 e. The van der Waals surface area contributed by atoms with Gasteiger partial charge in [0.05, 0.1) is 0 Å².